The van der Waals surface area contributed by atoms with Crippen LogP contribution in [0.15, 0.2) is 164 Å². The highest BCUT2D eigenvalue weighted by atomic mass is 16.5. The quantitative estimate of drug-likeness (QED) is 0.152. The zero-order valence-corrected chi connectivity index (χ0v) is 38.5. The van der Waals surface area contributed by atoms with E-state index in [0.717, 1.165) is 11.5 Å². The minimum absolute atomic E-state index is 0.112. The third kappa shape index (κ3) is 6.28. The van der Waals surface area contributed by atoms with Crippen molar-refractivity contribution in [2.45, 2.75) is 73.1 Å². The predicted molar refractivity (Wildman–Crippen MR) is 274 cm³/mol. The zero-order chi connectivity index (χ0) is 44.2. The topological polar surface area (TPSA) is 9.23 Å². The van der Waals surface area contributed by atoms with Crippen molar-refractivity contribution in [1.29, 1.82) is 0 Å². The molecule has 0 heterocycles. The summed E-state index contributed by atoms with van der Waals surface area (Å²) in [5.41, 5.74) is 21.7. The van der Waals surface area contributed by atoms with E-state index in [1.165, 1.54) is 127 Å². The highest BCUT2D eigenvalue weighted by Crippen LogP contribution is 2.58. The summed E-state index contributed by atoms with van der Waals surface area (Å²) in [7, 11) is 0. The SMILES string of the molecule is Cc1cccc(C)c1-c1cc2cc(-c3ccc(-c4ccc(C(C)(C)C)cc4)cc3)c3cc(-c4c(C)cccc4C)cc4c5c(c(c1)c2c34)-c1ccc(Oc2ccccc2)cc1C5(C)C. The largest absolute Gasteiger partial charge is 0.457 e. The Hall–Kier alpha value is -6.96. The molecule has 0 N–H and O–H groups in total. The maximum Gasteiger partial charge on any atom is 0.127 e. The molecular weight excluding hydrogens is 773 g/mol. The van der Waals surface area contributed by atoms with Crippen molar-refractivity contribution in [2.75, 3.05) is 0 Å². The Bertz CT molecular complexity index is 3430. The Morgan fingerprint density at radius 3 is 1.56 bits per heavy atom. The van der Waals surface area contributed by atoms with Crippen LogP contribution in [0.1, 0.15) is 73.6 Å². The normalized spacial score (nSPS) is 13.2. The van der Waals surface area contributed by atoms with E-state index in [1.54, 1.807) is 0 Å². The molecule has 1 aliphatic rings. The minimum atomic E-state index is -0.328. The molecule has 10 aromatic rings. The average Bonchev–Trinajstić information content (AvgIpc) is 3.51. The van der Waals surface area contributed by atoms with E-state index >= 15 is 0 Å². The molecule has 0 saturated carbocycles. The highest BCUT2D eigenvalue weighted by molar-refractivity contribution is 6.32. The Balaban J connectivity index is 1.23. The molecule has 0 unspecified atom stereocenters. The van der Waals surface area contributed by atoms with Gasteiger partial charge >= 0.3 is 0 Å². The van der Waals surface area contributed by atoms with Gasteiger partial charge in [-0.3, -0.25) is 0 Å². The van der Waals surface area contributed by atoms with Crippen LogP contribution in [-0.2, 0) is 10.8 Å². The van der Waals surface area contributed by atoms with Crippen LogP contribution in [0.2, 0.25) is 0 Å². The zero-order valence-electron chi connectivity index (χ0n) is 38.5. The molecule has 0 aliphatic heterocycles. The predicted octanol–water partition coefficient (Wildman–Crippen LogP) is 17.9. The van der Waals surface area contributed by atoms with Crippen LogP contribution in [-0.4, -0.2) is 0 Å². The lowest BCUT2D eigenvalue weighted by atomic mass is 9.76. The number of rotatable bonds is 6. The first kappa shape index (κ1) is 39.9. The molecule has 1 heteroatoms. The molecule has 0 atom stereocenters. The summed E-state index contributed by atoms with van der Waals surface area (Å²) in [6.45, 7) is 20.7. The molecule has 0 saturated heterocycles. The first-order valence-corrected chi connectivity index (χ1v) is 22.8. The summed E-state index contributed by atoms with van der Waals surface area (Å²) in [6, 6.07) is 61.2. The number of fused-ring (bicyclic) bond motifs is 5. The van der Waals surface area contributed by atoms with Gasteiger partial charge in [0.1, 0.15) is 11.5 Å². The smallest absolute Gasteiger partial charge is 0.127 e. The summed E-state index contributed by atoms with van der Waals surface area (Å²) in [5, 5.41) is 7.87. The molecule has 0 bridgehead atoms. The van der Waals surface area contributed by atoms with Crippen LogP contribution in [0.4, 0.5) is 0 Å². The van der Waals surface area contributed by atoms with Crippen LogP contribution in [0, 0.1) is 27.7 Å². The number of aryl methyl sites for hydroxylation is 4. The van der Waals surface area contributed by atoms with Crippen LogP contribution in [0.25, 0.3) is 88.0 Å². The lowest BCUT2D eigenvalue weighted by molar-refractivity contribution is 0.480. The van der Waals surface area contributed by atoms with E-state index < -0.39 is 0 Å². The number of benzene rings is 10. The molecule has 10 aromatic carbocycles. The Morgan fingerprint density at radius 2 is 0.953 bits per heavy atom. The minimum Gasteiger partial charge on any atom is -0.457 e. The summed E-state index contributed by atoms with van der Waals surface area (Å²) < 4.78 is 6.54. The molecule has 0 amide bonds. The second-order valence-corrected chi connectivity index (χ2v) is 19.9. The third-order valence-corrected chi connectivity index (χ3v) is 14.3. The lowest BCUT2D eigenvalue weighted by Crippen LogP contribution is -2.16. The maximum atomic E-state index is 6.54. The van der Waals surface area contributed by atoms with E-state index in [0.29, 0.717) is 0 Å². The molecule has 0 spiro atoms. The standard InChI is InChI=1S/C63H54O/c1-37-15-13-16-38(2)56(37)44-31-45-32-51(43-23-21-41(22-24-43)42-25-27-47(28-26-42)62(5,6)7)52-33-46(57-39(3)17-14-18-40(57)4)35-54-59(52)58(45)53(34-44)60-50-30-29-49(64-48-19-11-10-12-20-48)36-55(50)63(8,9)61(54)60/h10-36H,1-9H3. The molecule has 11 rings (SSSR count). The van der Waals surface area contributed by atoms with Crippen LogP contribution in [0.3, 0.4) is 0 Å². The number of hydrogen-bond acceptors (Lipinski definition) is 1. The fraction of sp³-hybridized carbons (Fsp3) is 0.175. The molecule has 0 radical (unpaired) electrons. The monoisotopic (exact) mass is 826 g/mol. The number of hydrogen-bond donors (Lipinski definition) is 0. The van der Waals surface area contributed by atoms with Crippen molar-refractivity contribution in [3.05, 3.63) is 203 Å². The lowest BCUT2D eigenvalue weighted by Gasteiger charge is -2.27. The Labute approximate surface area is 378 Å². The van der Waals surface area contributed by atoms with Gasteiger partial charge in [0.15, 0.2) is 0 Å². The van der Waals surface area contributed by atoms with Crippen molar-refractivity contribution in [3.63, 3.8) is 0 Å². The number of para-hydroxylation sites is 1. The summed E-state index contributed by atoms with van der Waals surface area (Å²) >= 11 is 0. The third-order valence-electron chi connectivity index (χ3n) is 14.3. The number of ether oxygens (including phenoxy) is 1. The van der Waals surface area contributed by atoms with Crippen molar-refractivity contribution < 1.29 is 4.74 Å². The van der Waals surface area contributed by atoms with Crippen LogP contribution >= 0.6 is 0 Å². The van der Waals surface area contributed by atoms with Crippen LogP contribution in [0.5, 0.6) is 11.5 Å². The van der Waals surface area contributed by atoms with E-state index in [-0.39, 0.29) is 10.8 Å². The van der Waals surface area contributed by atoms with Crippen molar-refractivity contribution in [2.24, 2.45) is 0 Å². The Morgan fingerprint density at radius 1 is 0.406 bits per heavy atom. The van der Waals surface area contributed by atoms with Crippen molar-refractivity contribution in [3.8, 4) is 67.1 Å². The first-order chi connectivity index (χ1) is 30.8. The first-order valence-electron chi connectivity index (χ1n) is 22.8. The maximum absolute atomic E-state index is 6.54. The van der Waals surface area contributed by atoms with Gasteiger partial charge in [0.25, 0.3) is 0 Å². The van der Waals surface area contributed by atoms with Gasteiger partial charge in [-0.25, -0.2) is 0 Å². The Kier molecular flexibility index (Phi) is 9.06. The van der Waals surface area contributed by atoms with Gasteiger partial charge in [-0.05, 0) is 215 Å². The van der Waals surface area contributed by atoms with Gasteiger partial charge in [0.2, 0.25) is 0 Å². The van der Waals surface area contributed by atoms with E-state index in [4.69, 9.17) is 4.74 Å². The van der Waals surface area contributed by atoms with Gasteiger partial charge in [0, 0.05) is 5.41 Å². The average molecular weight is 827 g/mol. The molecule has 1 nitrogen and oxygen atoms in total. The molecule has 312 valence electrons. The van der Waals surface area contributed by atoms with Gasteiger partial charge in [-0.15, -0.1) is 0 Å². The molecule has 0 fully saturated rings. The second-order valence-electron chi connectivity index (χ2n) is 19.9. The molecule has 64 heavy (non-hydrogen) atoms. The van der Waals surface area contributed by atoms with E-state index in [1.807, 2.05) is 30.3 Å². The van der Waals surface area contributed by atoms with Crippen LogP contribution < -0.4 is 4.74 Å². The van der Waals surface area contributed by atoms with Gasteiger partial charge < -0.3 is 4.74 Å². The summed E-state index contributed by atoms with van der Waals surface area (Å²) in [5.74, 6) is 1.70. The summed E-state index contributed by atoms with van der Waals surface area (Å²) in [4.78, 5) is 0. The van der Waals surface area contributed by atoms with Gasteiger partial charge in [0.05, 0.1) is 0 Å². The van der Waals surface area contributed by atoms with Crippen molar-refractivity contribution in [1.82, 2.24) is 0 Å². The fourth-order valence-electron chi connectivity index (χ4n) is 11.2. The van der Waals surface area contributed by atoms with Gasteiger partial charge in [-0.1, -0.05) is 144 Å². The second kappa shape index (κ2) is 14.5. The fourth-order valence-corrected chi connectivity index (χ4v) is 11.2. The van der Waals surface area contributed by atoms with E-state index in [9.17, 15) is 0 Å². The van der Waals surface area contributed by atoms with Crippen molar-refractivity contribution >= 4 is 32.3 Å². The highest BCUT2D eigenvalue weighted by Gasteiger charge is 2.40. The molecule has 1 aliphatic carbocycles. The summed E-state index contributed by atoms with van der Waals surface area (Å²) in [6.07, 6.45) is 0. The van der Waals surface area contributed by atoms with E-state index in [2.05, 4.69) is 196 Å². The molecular formula is C63H54O. The van der Waals surface area contributed by atoms with Gasteiger partial charge in [-0.2, -0.15) is 0 Å². The molecule has 0 aromatic heterocycles.